The fraction of sp³-hybridized carbons (Fsp3) is 0.200. The van der Waals surface area contributed by atoms with Gasteiger partial charge in [-0.05, 0) is 41.8 Å². The van der Waals surface area contributed by atoms with Crippen molar-refractivity contribution in [1.29, 1.82) is 0 Å². The van der Waals surface area contributed by atoms with Crippen molar-refractivity contribution in [3.8, 4) is 0 Å². The van der Waals surface area contributed by atoms with Gasteiger partial charge in [0.15, 0.2) is 0 Å². The van der Waals surface area contributed by atoms with Crippen molar-refractivity contribution in [3.63, 3.8) is 0 Å². The number of anilines is 1. The van der Waals surface area contributed by atoms with Gasteiger partial charge in [0.2, 0.25) is 5.28 Å². The molecular formula is C15H13Cl2N3S. The molecule has 3 aromatic rings. The van der Waals surface area contributed by atoms with Crippen LogP contribution in [0.3, 0.4) is 0 Å². The van der Waals surface area contributed by atoms with Gasteiger partial charge in [0, 0.05) is 16.4 Å². The SMILES string of the molecule is CCc1cc2c(NCc3cccc(Cl)c3)nc(Cl)nc2s1. The van der Waals surface area contributed by atoms with Crippen LogP contribution in [0.15, 0.2) is 30.3 Å². The van der Waals surface area contributed by atoms with E-state index in [0.717, 1.165) is 33.0 Å². The van der Waals surface area contributed by atoms with E-state index in [1.165, 1.54) is 4.88 Å². The molecule has 0 spiro atoms. The summed E-state index contributed by atoms with van der Waals surface area (Å²) < 4.78 is 0. The summed E-state index contributed by atoms with van der Waals surface area (Å²) in [6.07, 6.45) is 0.979. The zero-order valence-electron chi connectivity index (χ0n) is 11.4. The molecule has 108 valence electrons. The lowest BCUT2D eigenvalue weighted by atomic mass is 10.2. The van der Waals surface area contributed by atoms with Crippen LogP contribution in [-0.2, 0) is 13.0 Å². The van der Waals surface area contributed by atoms with Gasteiger partial charge in [0.1, 0.15) is 10.6 Å². The van der Waals surface area contributed by atoms with Crippen molar-refractivity contribution in [2.75, 3.05) is 5.32 Å². The molecule has 0 bridgehead atoms. The maximum Gasteiger partial charge on any atom is 0.225 e. The lowest BCUT2D eigenvalue weighted by molar-refractivity contribution is 1.10. The molecule has 0 atom stereocenters. The number of aryl methyl sites for hydroxylation is 1. The quantitative estimate of drug-likeness (QED) is 0.667. The van der Waals surface area contributed by atoms with Crippen molar-refractivity contribution in [1.82, 2.24) is 9.97 Å². The molecule has 3 rings (SSSR count). The lowest BCUT2D eigenvalue weighted by Crippen LogP contribution is -2.02. The van der Waals surface area contributed by atoms with Gasteiger partial charge < -0.3 is 5.32 Å². The molecular weight excluding hydrogens is 325 g/mol. The van der Waals surface area contributed by atoms with E-state index in [9.17, 15) is 0 Å². The number of halogens is 2. The third-order valence-electron chi connectivity index (χ3n) is 3.11. The molecule has 0 unspecified atom stereocenters. The second-order valence-electron chi connectivity index (χ2n) is 4.61. The minimum Gasteiger partial charge on any atom is -0.365 e. The van der Waals surface area contributed by atoms with Crippen LogP contribution in [0, 0.1) is 0 Å². The molecule has 21 heavy (non-hydrogen) atoms. The Kier molecular flexibility index (Phi) is 4.29. The van der Waals surface area contributed by atoms with Gasteiger partial charge in [-0.15, -0.1) is 11.3 Å². The molecule has 3 nitrogen and oxygen atoms in total. The van der Waals surface area contributed by atoms with Crippen molar-refractivity contribution in [2.45, 2.75) is 19.9 Å². The first kappa shape index (κ1) is 14.6. The highest BCUT2D eigenvalue weighted by Crippen LogP contribution is 2.30. The fourth-order valence-corrected chi connectivity index (χ4v) is 3.49. The van der Waals surface area contributed by atoms with Gasteiger partial charge in [0.25, 0.3) is 0 Å². The average molecular weight is 338 g/mol. The zero-order chi connectivity index (χ0) is 14.8. The molecule has 6 heteroatoms. The number of aromatic nitrogens is 2. The Labute approximate surface area is 137 Å². The molecule has 0 amide bonds. The number of nitrogens with zero attached hydrogens (tertiary/aromatic N) is 2. The summed E-state index contributed by atoms with van der Waals surface area (Å²) in [5, 5.41) is 5.33. The zero-order valence-corrected chi connectivity index (χ0v) is 13.7. The monoisotopic (exact) mass is 337 g/mol. The van der Waals surface area contributed by atoms with E-state index in [-0.39, 0.29) is 5.28 Å². The molecule has 1 N–H and O–H groups in total. The highest BCUT2D eigenvalue weighted by Gasteiger charge is 2.10. The number of benzene rings is 1. The van der Waals surface area contributed by atoms with Gasteiger partial charge in [-0.2, -0.15) is 0 Å². The van der Waals surface area contributed by atoms with Crippen molar-refractivity contribution in [2.24, 2.45) is 0 Å². The summed E-state index contributed by atoms with van der Waals surface area (Å²) in [5.41, 5.74) is 1.09. The van der Waals surface area contributed by atoms with Crippen LogP contribution in [0.25, 0.3) is 10.2 Å². The van der Waals surface area contributed by atoms with Crippen LogP contribution in [0.2, 0.25) is 10.3 Å². The van der Waals surface area contributed by atoms with Crippen molar-refractivity contribution in [3.05, 3.63) is 51.1 Å². The second-order valence-corrected chi connectivity index (χ2v) is 6.50. The number of hydrogen-bond donors (Lipinski definition) is 1. The minimum absolute atomic E-state index is 0.264. The normalized spacial score (nSPS) is 11.0. The maximum absolute atomic E-state index is 6.01. The average Bonchev–Trinajstić information content (AvgIpc) is 2.87. The van der Waals surface area contributed by atoms with Gasteiger partial charge in [-0.1, -0.05) is 30.7 Å². The predicted octanol–water partition coefficient (Wildman–Crippen LogP) is 5.17. The van der Waals surface area contributed by atoms with Crippen LogP contribution in [0.1, 0.15) is 17.4 Å². The van der Waals surface area contributed by atoms with Gasteiger partial charge >= 0.3 is 0 Å². The molecule has 0 radical (unpaired) electrons. The first-order chi connectivity index (χ1) is 10.2. The number of thiophene rings is 1. The number of hydrogen-bond acceptors (Lipinski definition) is 4. The Morgan fingerprint density at radius 1 is 1.19 bits per heavy atom. The Bertz CT molecular complexity index is 786. The Morgan fingerprint density at radius 2 is 2.05 bits per heavy atom. The lowest BCUT2D eigenvalue weighted by Gasteiger charge is -2.07. The number of nitrogens with one attached hydrogen (secondary N) is 1. The second kappa shape index (κ2) is 6.18. The van der Waals surface area contributed by atoms with Crippen LogP contribution in [-0.4, -0.2) is 9.97 Å². The first-order valence-electron chi connectivity index (χ1n) is 6.60. The molecule has 0 aliphatic rings. The Hall–Kier alpha value is -1.36. The summed E-state index contributed by atoms with van der Waals surface area (Å²) in [6, 6.07) is 9.86. The van der Waals surface area contributed by atoms with E-state index >= 15 is 0 Å². The molecule has 0 fully saturated rings. The van der Waals surface area contributed by atoms with E-state index in [2.05, 4.69) is 28.3 Å². The topological polar surface area (TPSA) is 37.8 Å². The van der Waals surface area contributed by atoms with E-state index in [1.54, 1.807) is 11.3 Å². The van der Waals surface area contributed by atoms with Crippen LogP contribution in [0.5, 0.6) is 0 Å². The fourth-order valence-electron chi connectivity index (χ4n) is 2.09. The highest BCUT2D eigenvalue weighted by molar-refractivity contribution is 7.18. The molecule has 2 heterocycles. The summed E-state index contributed by atoms with van der Waals surface area (Å²) >= 11 is 13.7. The molecule has 1 aromatic carbocycles. The minimum atomic E-state index is 0.264. The summed E-state index contributed by atoms with van der Waals surface area (Å²) in [7, 11) is 0. The molecule has 0 aliphatic heterocycles. The standard InChI is InChI=1S/C15H13Cl2N3S/c1-2-11-7-12-13(19-15(17)20-14(12)21-11)18-8-9-4-3-5-10(16)6-9/h3-7H,2,8H2,1H3,(H,18,19,20). The predicted molar refractivity (Wildman–Crippen MR) is 90.6 cm³/mol. The Balaban J connectivity index is 1.90. The van der Waals surface area contributed by atoms with Gasteiger partial charge in [0.05, 0.1) is 5.39 Å². The number of fused-ring (bicyclic) bond motifs is 1. The maximum atomic E-state index is 6.01. The van der Waals surface area contributed by atoms with Gasteiger partial charge in [-0.3, -0.25) is 0 Å². The third-order valence-corrected chi connectivity index (χ3v) is 4.69. The van der Waals surface area contributed by atoms with E-state index in [0.29, 0.717) is 6.54 Å². The molecule has 2 aromatic heterocycles. The van der Waals surface area contributed by atoms with Crippen LogP contribution < -0.4 is 5.32 Å². The van der Waals surface area contributed by atoms with Crippen LogP contribution >= 0.6 is 34.5 Å². The van der Waals surface area contributed by atoms with E-state index < -0.39 is 0 Å². The summed E-state index contributed by atoms with van der Waals surface area (Å²) in [6.45, 7) is 2.76. The Morgan fingerprint density at radius 3 is 2.81 bits per heavy atom. The smallest absolute Gasteiger partial charge is 0.225 e. The van der Waals surface area contributed by atoms with Crippen LogP contribution in [0.4, 0.5) is 5.82 Å². The number of rotatable bonds is 4. The molecule has 0 aliphatic carbocycles. The van der Waals surface area contributed by atoms with Gasteiger partial charge in [-0.25, -0.2) is 9.97 Å². The largest absolute Gasteiger partial charge is 0.365 e. The summed E-state index contributed by atoms with van der Waals surface area (Å²) in [5.74, 6) is 0.765. The highest BCUT2D eigenvalue weighted by atomic mass is 35.5. The first-order valence-corrected chi connectivity index (χ1v) is 8.17. The summed E-state index contributed by atoms with van der Waals surface area (Å²) in [4.78, 5) is 10.8. The van der Waals surface area contributed by atoms with E-state index in [4.69, 9.17) is 23.2 Å². The molecule has 0 saturated heterocycles. The van der Waals surface area contributed by atoms with Crippen molar-refractivity contribution >= 4 is 50.6 Å². The third kappa shape index (κ3) is 3.28. The van der Waals surface area contributed by atoms with E-state index in [1.807, 2.05) is 24.3 Å². The molecule has 0 saturated carbocycles. The van der Waals surface area contributed by atoms with Crippen molar-refractivity contribution < 1.29 is 0 Å².